The first-order valence-corrected chi connectivity index (χ1v) is 9.03. The van der Waals surface area contributed by atoms with E-state index in [0.29, 0.717) is 38.2 Å². The standard InChI is InChI=1S/C21H17F2N7O/c1-21(2,11-24)29-19(31)16-5-3-4-15(27-16)13-6-12-7-17(28-18(12)25-8-13)14-9-26-30(10-14)20(22)23/h3-10,20H,1-2H3,(H,25,28)(H,29,31)/i1D3. The zero-order valence-corrected chi connectivity index (χ0v) is 16.1. The van der Waals surface area contributed by atoms with Crippen LogP contribution in [0, 0.1) is 11.3 Å². The van der Waals surface area contributed by atoms with E-state index >= 15 is 0 Å². The Kier molecular flexibility index (Phi) is 4.08. The van der Waals surface area contributed by atoms with Gasteiger partial charge in [-0.3, -0.25) is 4.79 Å². The van der Waals surface area contributed by atoms with Gasteiger partial charge in [-0.1, -0.05) is 6.07 Å². The van der Waals surface area contributed by atoms with Crippen molar-refractivity contribution in [2.75, 3.05) is 0 Å². The van der Waals surface area contributed by atoms with Crippen molar-refractivity contribution < 1.29 is 17.7 Å². The van der Waals surface area contributed by atoms with Crippen molar-refractivity contribution in [1.82, 2.24) is 30.0 Å². The molecule has 8 nitrogen and oxygen atoms in total. The number of rotatable bonds is 5. The van der Waals surface area contributed by atoms with Gasteiger partial charge in [-0.25, -0.2) is 14.6 Å². The van der Waals surface area contributed by atoms with Crippen LogP contribution in [0.4, 0.5) is 8.78 Å². The van der Waals surface area contributed by atoms with Gasteiger partial charge in [0.15, 0.2) is 0 Å². The first-order chi connectivity index (χ1) is 16.0. The lowest BCUT2D eigenvalue weighted by Crippen LogP contribution is -2.42. The van der Waals surface area contributed by atoms with Gasteiger partial charge in [-0.15, -0.1) is 0 Å². The molecule has 4 aromatic rings. The topological polar surface area (TPSA) is 112 Å². The highest BCUT2D eigenvalue weighted by Crippen LogP contribution is 2.27. The van der Waals surface area contributed by atoms with Crippen molar-refractivity contribution in [3.8, 4) is 28.6 Å². The molecule has 2 N–H and O–H groups in total. The molecule has 4 heterocycles. The molecule has 0 fully saturated rings. The summed E-state index contributed by atoms with van der Waals surface area (Å²) in [5, 5.41) is 15.8. The molecule has 0 saturated heterocycles. The molecule has 4 aromatic heterocycles. The minimum Gasteiger partial charge on any atom is -0.339 e. The third-order valence-electron chi connectivity index (χ3n) is 4.45. The maximum atomic E-state index is 12.8. The van der Waals surface area contributed by atoms with E-state index in [0.717, 1.165) is 6.92 Å². The fourth-order valence-corrected chi connectivity index (χ4v) is 2.94. The average molecular weight is 424 g/mol. The number of halogens is 2. The lowest BCUT2D eigenvalue weighted by molar-refractivity contribution is 0.0566. The van der Waals surface area contributed by atoms with E-state index in [9.17, 15) is 18.8 Å². The molecule has 10 heteroatoms. The van der Waals surface area contributed by atoms with E-state index in [2.05, 4.69) is 25.4 Å². The summed E-state index contributed by atoms with van der Waals surface area (Å²) in [5.74, 6) is -0.809. The molecule has 0 bridgehead atoms. The zero-order chi connectivity index (χ0) is 24.7. The van der Waals surface area contributed by atoms with Crippen LogP contribution in [0.2, 0.25) is 0 Å². The Balaban J connectivity index is 1.63. The smallest absolute Gasteiger partial charge is 0.333 e. The number of H-pyrrole nitrogens is 1. The number of nitriles is 1. The van der Waals surface area contributed by atoms with Crippen LogP contribution >= 0.6 is 0 Å². The number of carbonyl (C=O) groups excluding carboxylic acids is 1. The van der Waals surface area contributed by atoms with Gasteiger partial charge < -0.3 is 10.3 Å². The maximum Gasteiger partial charge on any atom is 0.333 e. The Labute approximate surface area is 179 Å². The summed E-state index contributed by atoms with van der Waals surface area (Å²) < 4.78 is 48.7. The van der Waals surface area contributed by atoms with Crippen LogP contribution in [0.5, 0.6) is 0 Å². The SMILES string of the molecule is [2H]C([2H])([2H])C(C)(C#N)NC(=O)c1cccc(-c2cnc3[nH]c(-c4cnn(C(F)F)c4)cc3c2)n1. The average Bonchev–Trinajstić information content (AvgIpc) is 3.45. The number of amides is 1. The molecule has 31 heavy (non-hydrogen) atoms. The van der Waals surface area contributed by atoms with Crippen LogP contribution < -0.4 is 5.32 Å². The number of carbonyl (C=O) groups is 1. The summed E-state index contributed by atoms with van der Waals surface area (Å²) in [5.41, 5.74) is 0.330. The van der Waals surface area contributed by atoms with E-state index < -0.39 is 24.8 Å². The van der Waals surface area contributed by atoms with Gasteiger partial charge in [0.05, 0.1) is 23.7 Å². The quantitative estimate of drug-likeness (QED) is 0.504. The molecule has 1 amide bonds. The molecule has 1 atom stereocenters. The summed E-state index contributed by atoms with van der Waals surface area (Å²) in [6.07, 6.45) is 4.06. The monoisotopic (exact) mass is 424 g/mol. The van der Waals surface area contributed by atoms with Gasteiger partial charge in [0.1, 0.15) is 16.9 Å². The van der Waals surface area contributed by atoms with E-state index in [-0.39, 0.29) is 5.69 Å². The lowest BCUT2D eigenvalue weighted by Gasteiger charge is -2.17. The Morgan fingerprint density at radius 1 is 1.35 bits per heavy atom. The minimum absolute atomic E-state index is 0.0718. The summed E-state index contributed by atoms with van der Waals surface area (Å²) in [6, 6.07) is 9.72. The molecule has 0 aliphatic rings. The number of hydrogen-bond acceptors (Lipinski definition) is 5. The van der Waals surface area contributed by atoms with E-state index in [1.807, 2.05) is 0 Å². The maximum absolute atomic E-state index is 12.8. The van der Waals surface area contributed by atoms with Crippen LogP contribution in [0.1, 0.15) is 34.9 Å². The molecule has 0 spiro atoms. The molecular weight excluding hydrogens is 404 g/mol. The molecule has 0 aliphatic heterocycles. The van der Waals surface area contributed by atoms with Crippen molar-refractivity contribution in [2.24, 2.45) is 0 Å². The van der Waals surface area contributed by atoms with Crippen molar-refractivity contribution in [3.05, 3.63) is 54.6 Å². The van der Waals surface area contributed by atoms with Gasteiger partial charge >= 0.3 is 6.55 Å². The van der Waals surface area contributed by atoms with Crippen molar-refractivity contribution in [1.29, 1.82) is 5.26 Å². The minimum atomic E-state index is -2.75. The predicted molar refractivity (Wildman–Crippen MR) is 109 cm³/mol. The van der Waals surface area contributed by atoms with Gasteiger partial charge in [-0.05, 0) is 38.0 Å². The lowest BCUT2D eigenvalue weighted by atomic mass is 10.1. The third kappa shape index (κ3) is 4.11. The molecule has 156 valence electrons. The number of pyridine rings is 2. The van der Waals surface area contributed by atoms with Crippen LogP contribution in [0.15, 0.2) is 48.9 Å². The van der Waals surface area contributed by atoms with Gasteiger partial charge in [0.2, 0.25) is 0 Å². The second kappa shape index (κ2) is 7.60. The van der Waals surface area contributed by atoms with E-state index in [1.54, 1.807) is 30.3 Å². The summed E-state index contributed by atoms with van der Waals surface area (Å²) in [7, 11) is 0. The Bertz CT molecular complexity index is 1420. The van der Waals surface area contributed by atoms with Gasteiger partial charge in [-0.2, -0.15) is 19.1 Å². The summed E-state index contributed by atoms with van der Waals surface area (Å²) >= 11 is 0. The van der Waals surface area contributed by atoms with Crippen LogP contribution in [0.25, 0.3) is 33.5 Å². The molecule has 1 unspecified atom stereocenters. The largest absolute Gasteiger partial charge is 0.339 e. The van der Waals surface area contributed by atoms with Crippen molar-refractivity contribution in [3.63, 3.8) is 0 Å². The highest BCUT2D eigenvalue weighted by Gasteiger charge is 2.21. The third-order valence-corrected chi connectivity index (χ3v) is 4.45. The number of nitrogens with one attached hydrogen (secondary N) is 2. The first-order valence-electron chi connectivity index (χ1n) is 10.5. The molecule has 0 radical (unpaired) electrons. The second-order valence-electron chi connectivity index (χ2n) is 6.93. The highest BCUT2D eigenvalue weighted by atomic mass is 19.3. The molecular formula is C21H17F2N7O. The van der Waals surface area contributed by atoms with Crippen molar-refractivity contribution in [2.45, 2.75) is 25.9 Å². The fourth-order valence-electron chi connectivity index (χ4n) is 2.94. The molecule has 4 rings (SSSR count). The number of aromatic nitrogens is 5. The Morgan fingerprint density at radius 3 is 2.90 bits per heavy atom. The van der Waals surface area contributed by atoms with Gasteiger partial charge in [0, 0.05) is 33.0 Å². The summed E-state index contributed by atoms with van der Waals surface area (Å²) in [4.78, 5) is 24.3. The number of aromatic amines is 1. The fraction of sp³-hybridized carbons (Fsp3) is 0.190. The van der Waals surface area contributed by atoms with E-state index in [1.165, 1.54) is 24.7 Å². The molecule has 0 aliphatic carbocycles. The zero-order valence-electron chi connectivity index (χ0n) is 19.1. The van der Waals surface area contributed by atoms with E-state index in [4.69, 9.17) is 4.11 Å². The first kappa shape index (κ1) is 16.6. The van der Waals surface area contributed by atoms with Gasteiger partial charge in [0.25, 0.3) is 5.91 Å². The van der Waals surface area contributed by atoms with Crippen LogP contribution in [-0.4, -0.2) is 36.2 Å². The molecule has 0 aromatic carbocycles. The number of hydrogen-bond donors (Lipinski definition) is 2. The second-order valence-corrected chi connectivity index (χ2v) is 6.93. The Morgan fingerprint density at radius 2 is 2.19 bits per heavy atom. The predicted octanol–water partition coefficient (Wildman–Crippen LogP) is 3.92. The number of alkyl halides is 2. The summed E-state index contributed by atoms with van der Waals surface area (Å²) in [6.45, 7) is -4.36. The number of nitrogens with zero attached hydrogens (tertiary/aromatic N) is 5. The van der Waals surface area contributed by atoms with Crippen LogP contribution in [-0.2, 0) is 0 Å². The van der Waals surface area contributed by atoms with Crippen molar-refractivity contribution >= 4 is 16.9 Å². The van der Waals surface area contributed by atoms with Crippen LogP contribution in [0.3, 0.4) is 0 Å². The highest BCUT2D eigenvalue weighted by molar-refractivity contribution is 5.94. The number of fused-ring (bicyclic) bond motifs is 1. The Hall–Kier alpha value is -4.13. The normalized spacial score (nSPS) is 15.0. The molecule has 0 saturated carbocycles.